The fraction of sp³-hybridized carbons (Fsp3) is 0.636. The average Bonchev–Trinajstić information content (AvgIpc) is 2.95. The van der Waals surface area contributed by atoms with Crippen LogP contribution in [0.25, 0.3) is 0 Å². The Morgan fingerprint density at radius 3 is 1.55 bits per heavy atom. The van der Waals surface area contributed by atoms with E-state index in [0.29, 0.717) is 24.5 Å². The molecule has 0 bridgehead atoms. The lowest BCUT2D eigenvalue weighted by Crippen LogP contribution is -2.46. The predicted octanol–water partition coefficient (Wildman–Crippen LogP) is 2.95. The number of rotatable bonds is 14. The number of carbonyl (C=O) groups is 2. The molecular formula is C22H36N4O4S. The molecule has 31 heavy (non-hydrogen) atoms. The summed E-state index contributed by atoms with van der Waals surface area (Å²) >= 11 is 0. The van der Waals surface area contributed by atoms with Gasteiger partial charge in [0.1, 0.15) is 13.1 Å². The third-order valence-corrected chi connectivity index (χ3v) is 7.02. The number of hydrogen-bond acceptors (Lipinski definition) is 4. The first kappa shape index (κ1) is 25.0. The summed E-state index contributed by atoms with van der Waals surface area (Å²) < 4.78 is 28.4. The number of unbranched alkanes of at least 4 members (excludes halogenated alkanes) is 6. The van der Waals surface area contributed by atoms with Gasteiger partial charge in [-0.05, 0) is 25.0 Å². The molecule has 0 saturated heterocycles. The highest BCUT2D eigenvalue weighted by atomic mass is 32.2. The number of para-hydroxylation sites is 2. The van der Waals surface area contributed by atoms with Crippen LogP contribution in [-0.2, 0) is 19.8 Å². The maximum Gasteiger partial charge on any atom is 0.327 e. The Morgan fingerprint density at radius 1 is 0.742 bits per heavy atom. The highest BCUT2D eigenvalue weighted by Crippen LogP contribution is 2.40. The van der Waals surface area contributed by atoms with E-state index < -0.39 is 10.2 Å². The summed E-state index contributed by atoms with van der Waals surface area (Å²) in [7, 11) is -4.01. The van der Waals surface area contributed by atoms with Crippen molar-refractivity contribution in [3.05, 3.63) is 24.3 Å². The van der Waals surface area contributed by atoms with E-state index in [1.807, 2.05) is 0 Å². The zero-order chi connectivity index (χ0) is 22.7. The van der Waals surface area contributed by atoms with Gasteiger partial charge in [0.15, 0.2) is 0 Å². The van der Waals surface area contributed by atoms with Gasteiger partial charge in [-0.15, -0.1) is 0 Å². The number of fused-ring (bicyclic) bond motifs is 1. The molecular weight excluding hydrogens is 416 g/mol. The lowest BCUT2D eigenvalue weighted by molar-refractivity contribution is -0.120. The van der Waals surface area contributed by atoms with Crippen molar-refractivity contribution < 1.29 is 18.0 Å². The van der Waals surface area contributed by atoms with Gasteiger partial charge in [0.05, 0.1) is 11.4 Å². The number of hydrogen-bond donors (Lipinski definition) is 2. The molecule has 2 N–H and O–H groups in total. The van der Waals surface area contributed by atoms with Crippen molar-refractivity contribution in [1.29, 1.82) is 0 Å². The number of anilines is 2. The Hall–Kier alpha value is -2.29. The molecule has 8 nitrogen and oxygen atoms in total. The van der Waals surface area contributed by atoms with Crippen molar-refractivity contribution in [2.75, 3.05) is 34.8 Å². The summed E-state index contributed by atoms with van der Waals surface area (Å²) in [6.07, 6.45) is 8.24. The highest BCUT2D eigenvalue weighted by molar-refractivity contribution is 7.94. The van der Waals surface area contributed by atoms with Gasteiger partial charge in [0.25, 0.3) is 0 Å². The first-order chi connectivity index (χ1) is 14.9. The van der Waals surface area contributed by atoms with Crippen molar-refractivity contribution in [2.45, 2.75) is 65.2 Å². The Labute approximate surface area is 186 Å². The van der Waals surface area contributed by atoms with Gasteiger partial charge in [-0.3, -0.25) is 9.59 Å². The second-order valence-electron chi connectivity index (χ2n) is 7.83. The molecule has 0 aliphatic carbocycles. The fourth-order valence-corrected chi connectivity index (χ4v) is 5.12. The molecule has 174 valence electrons. The van der Waals surface area contributed by atoms with Crippen LogP contribution >= 0.6 is 0 Å². The van der Waals surface area contributed by atoms with Crippen LogP contribution in [0.15, 0.2) is 24.3 Å². The molecule has 0 atom stereocenters. The van der Waals surface area contributed by atoms with E-state index in [-0.39, 0.29) is 24.9 Å². The largest absolute Gasteiger partial charge is 0.355 e. The fourth-order valence-electron chi connectivity index (χ4n) is 3.52. The number of nitrogens with zero attached hydrogens (tertiary/aromatic N) is 2. The summed E-state index contributed by atoms with van der Waals surface area (Å²) in [5.41, 5.74) is 0.832. The highest BCUT2D eigenvalue weighted by Gasteiger charge is 2.41. The predicted molar refractivity (Wildman–Crippen MR) is 124 cm³/mol. The van der Waals surface area contributed by atoms with Crippen molar-refractivity contribution in [3.63, 3.8) is 0 Å². The Balaban J connectivity index is 1.99. The van der Waals surface area contributed by atoms with Gasteiger partial charge in [0.2, 0.25) is 11.8 Å². The normalized spacial score (nSPS) is 14.4. The van der Waals surface area contributed by atoms with E-state index in [4.69, 9.17) is 0 Å². The molecule has 0 aromatic heterocycles. The van der Waals surface area contributed by atoms with Crippen LogP contribution in [-0.4, -0.2) is 46.4 Å². The van der Waals surface area contributed by atoms with Gasteiger partial charge in [-0.2, -0.15) is 8.42 Å². The topological polar surface area (TPSA) is 98.8 Å². The van der Waals surface area contributed by atoms with E-state index in [9.17, 15) is 18.0 Å². The smallest absolute Gasteiger partial charge is 0.327 e. The van der Waals surface area contributed by atoms with E-state index in [1.165, 1.54) is 0 Å². The minimum atomic E-state index is -4.01. The van der Waals surface area contributed by atoms with Crippen molar-refractivity contribution in [3.8, 4) is 0 Å². The van der Waals surface area contributed by atoms with Crippen molar-refractivity contribution in [1.82, 2.24) is 10.6 Å². The monoisotopic (exact) mass is 452 g/mol. The summed E-state index contributed by atoms with van der Waals surface area (Å²) in [6.45, 7) is 4.68. The molecule has 9 heteroatoms. The van der Waals surface area contributed by atoms with Gasteiger partial charge in [-0.25, -0.2) is 8.61 Å². The van der Waals surface area contributed by atoms with Crippen LogP contribution in [0.1, 0.15) is 65.2 Å². The molecule has 0 unspecified atom stereocenters. The van der Waals surface area contributed by atoms with Crippen LogP contribution in [0.4, 0.5) is 11.4 Å². The van der Waals surface area contributed by atoms with E-state index in [1.54, 1.807) is 24.3 Å². The third kappa shape index (κ3) is 7.12. The molecule has 0 saturated carbocycles. The van der Waals surface area contributed by atoms with E-state index >= 15 is 0 Å². The number of amides is 2. The standard InChI is InChI=1S/C22H36N4O4S/c1-3-5-7-11-15-23-21(27)17-25-19-13-9-10-14-20(19)26(31(25,29)30)18-22(28)24-16-12-8-6-4-2/h9-10,13-14H,3-8,11-12,15-18H2,1-2H3,(H,23,27)(H,24,28). The van der Waals surface area contributed by atoms with Gasteiger partial charge < -0.3 is 10.6 Å². The summed E-state index contributed by atoms with van der Waals surface area (Å²) in [4.78, 5) is 24.7. The zero-order valence-corrected chi connectivity index (χ0v) is 19.5. The van der Waals surface area contributed by atoms with Crippen LogP contribution in [0.5, 0.6) is 0 Å². The average molecular weight is 453 g/mol. The van der Waals surface area contributed by atoms with Crippen molar-refractivity contribution in [2.24, 2.45) is 0 Å². The van der Waals surface area contributed by atoms with Gasteiger partial charge >= 0.3 is 10.2 Å². The Kier molecular flexibility index (Phi) is 10.1. The lowest BCUT2D eigenvalue weighted by atomic mass is 10.2. The van der Waals surface area contributed by atoms with Crippen LogP contribution in [0.2, 0.25) is 0 Å². The Bertz CT molecular complexity index is 768. The van der Waals surface area contributed by atoms with E-state index in [0.717, 1.165) is 60.0 Å². The van der Waals surface area contributed by atoms with E-state index in [2.05, 4.69) is 24.5 Å². The number of benzene rings is 1. The first-order valence-corrected chi connectivity index (χ1v) is 12.7. The number of nitrogens with one attached hydrogen (secondary N) is 2. The molecule has 1 aromatic rings. The molecule has 2 rings (SSSR count). The Morgan fingerprint density at radius 2 is 1.16 bits per heavy atom. The minimum Gasteiger partial charge on any atom is -0.355 e. The van der Waals surface area contributed by atoms with Gasteiger partial charge in [-0.1, -0.05) is 64.5 Å². The first-order valence-electron chi connectivity index (χ1n) is 11.3. The summed E-state index contributed by atoms with van der Waals surface area (Å²) in [6, 6.07) is 6.76. The summed E-state index contributed by atoms with van der Waals surface area (Å²) in [5.74, 6) is -0.700. The van der Waals surface area contributed by atoms with Crippen LogP contribution < -0.4 is 19.2 Å². The molecule has 0 fully saturated rings. The SMILES string of the molecule is CCCCCCNC(=O)CN1c2ccccc2N(CC(=O)NCCCCCC)S1(=O)=O. The maximum atomic E-state index is 13.1. The third-order valence-electron chi connectivity index (χ3n) is 5.26. The molecule has 1 aliphatic rings. The van der Waals surface area contributed by atoms with Crippen LogP contribution in [0.3, 0.4) is 0 Å². The molecule has 1 heterocycles. The second-order valence-corrected chi connectivity index (χ2v) is 9.61. The molecule has 1 aliphatic heterocycles. The molecule has 2 amide bonds. The van der Waals surface area contributed by atoms with Crippen LogP contribution in [0, 0.1) is 0 Å². The molecule has 0 spiro atoms. The summed E-state index contributed by atoms with van der Waals surface area (Å²) in [5, 5.41) is 5.59. The maximum absolute atomic E-state index is 13.1. The quantitative estimate of drug-likeness (QED) is 0.424. The minimum absolute atomic E-state index is 0.303. The molecule has 0 radical (unpaired) electrons. The lowest BCUT2D eigenvalue weighted by Gasteiger charge is -2.21. The second kappa shape index (κ2) is 12.5. The zero-order valence-electron chi connectivity index (χ0n) is 18.7. The number of carbonyl (C=O) groups excluding carboxylic acids is 2. The van der Waals surface area contributed by atoms with Gasteiger partial charge in [0, 0.05) is 13.1 Å². The van der Waals surface area contributed by atoms with Crippen molar-refractivity contribution >= 4 is 33.4 Å². The molecule has 1 aromatic carbocycles.